The summed E-state index contributed by atoms with van der Waals surface area (Å²) in [6.07, 6.45) is 0.993. The Labute approximate surface area is 127 Å². The zero-order chi connectivity index (χ0) is 15.5. The van der Waals surface area contributed by atoms with Crippen LogP contribution in [0.4, 0.5) is 0 Å². The first kappa shape index (κ1) is 15.9. The van der Waals surface area contributed by atoms with Gasteiger partial charge in [-0.1, -0.05) is 45.0 Å². The molecule has 3 heteroatoms. The molecule has 1 N–H and O–H groups in total. The standard InChI is InChI=1S/C18H26N2O/c1-18(2,3)17(21-5)16(19-4)12-14-11-10-13-8-6-7-9-15(13)20-14/h6-11,16-17,19H,12H2,1-5H3. The van der Waals surface area contributed by atoms with Gasteiger partial charge in [0.1, 0.15) is 0 Å². The summed E-state index contributed by atoms with van der Waals surface area (Å²) in [5.41, 5.74) is 2.23. The number of aromatic nitrogens is 1. The van der Waals surface area contributed by atoms with Crippen LogP contribution in [-0.2, 0) is 11.2 Å². The van der Waals surface area contributed by atoms with Gasteiger partial charge < -0.3 is 10.1 Å². The van der Waals surface area contributed by atoms with Crippen molar-refractivity contribution < 1.29 is 4.74 Å². The smallest absolute Gasteiger partial charge is 0.0776 e. The van der Waals surface area contributed by atoms with E-state index in [0.29, 0.717) is 0 Å². The third-order valence-electron chi connectivity index (χ3n) is 3.93. The van der Waals surface area contributed by atoms with Crippen molar-refractivity contribution in [1.82, 2.24) is 10.3 Å². The van der Waals surface area contributed by atoms with E-state index in [4.69, 9.17) is 9.72 Å². The van der Waals surface area contributed by atoms with Gasteiger partial charge in [-0.15, -0.1) is 0 Å². The quantitative estimate of drug-likeness (QED) is 0.914. The number of para-hydroxylation sites is 1. The Hall–Kier alpha value is -1.45. The number of nitrogens with zero attached hydrogens (tertiary/aromatic N) is 1. The molecule has 0 aliphatic rings. The predicted octanol–water partition coefficient (Wildman–Crippen LogP) is 3.43. The van der Waals surface area contributed by atoms with E-state index in [1.165, 1.54) is 5.39 Å². The summed E-state index contributed by atoms with van der Waals surface area (Å²) in [6, 6.07) is 12.7. The summed E-state index contributed by atoms with van der Waals surface area (Å²) in [6.45, 7) is 6.62. The summed E-state index contributed by atoms with van der Waals surface area (Å²) >= 11 is 0. The van der Waals surface area contributed by atoms with Gasteiger partial charge in [0.15, 0.2) is 0 Å². The molecule has 0 saturated carbocycles. The number of rotatable bonds is 5. The molecule has 2 unspecified atom stereocenters. The molecule has 0 saturated heterocycles. The van der Waals surface area contributed by atoms with E-state index < -0.39 is 0 Å². The Kier molecular flexibility index (Phi) is 4.96. The van der Waals surface area contributed by atoms with Gasteiger partial charge >= 0.3 is 0 Å². The van der Waals surface area contributed by atoms with Crippen molar-refractivity contribution in [3.05, 3.63) is 42.1 Å². The van der Waals surface area contributed by atoms with Crippen LogP contribution in [0.25, 0.3) is 10.9 Å². The largest absolute Gasteiger partial charge is 0.379 e. The normalized spacial score (nSPS) is 15.1. The van der Waals surface area contributed by atoms with Gasteiger partial charge in [0, 0.05) is 30.7 Å². The fourth-order valence-electron chi connectivity index (χ4n) is 2.93. The summed E-state index contributed by atoms with van der Waals surface area (Å²) in [7, 11) is 3.78. The summed E-state index contributed by atoms with van der Waals surface area (Å²) in [4.78, 5) is 4.77. The second kappa shape index (κ2) is 6.54. The lowest BCUT2D eigenvalue weighted by Crippen LogP contribution is -2.47. The van der Waals surface area contributed by atoms with Crippen LogP contribution in [-0.4, -0.2) is 31.3 Å². The SMILES string of the molecule is CNC(Cc1ccc2ccccc2n1)C(OC)C(C)(C)C. The van der Waals surface area contributed by atoms with Gasteiger partial charge in [-0.25, -0.2) is 0 Å². The second-order valence-electron chi connectivity index (χ2n) is 6.62. The van der Waals surface area contributed by atoms with Crippen LogP contribution in [0.5, 0.6) is 0 Å². The number of likely N-dealkylation sites (N-methyl/N-ethyl adjacent to an activating group) is 1. The zero-order valence-electron chi connectivity index (χ0n) is 13.7. The van der Waals surface area contributed by atoms with E-state index in [2.05, 4.69) is 50.4 Å². The number of benzene rings is 1. The Morgan fingerprint density at radius 1 is 1.14 bits per heavy atom. The highest BCUT2D eigenvalue weighted by Gasteiger charge is 2.31. The average molecular weight is 286 g/mol. The first-order valence-corrected chi connectivity index (χ1v) is 7.50. The van der Waals surface area contributed by atoms with Crippen LogP contribution in [0.15, 0.2) is 36.4 Å². The second-order valence-corrected chi connectivity index (χ2v) is 6.62. The molecule has 0 bridgehead atoms. The van der Waals surface area contributed by atoms with E-state index in [0.717, 1.165) is 17.6 Å². The van der Waals surface area contributed by atoms with Crippen LogP contribution in [0.1, 0.15) is 26.5 Å². The summed E-state index contributed by atoms with van der Waals surface area (Å²) in [5.74, 6) is 0. The fraction of sp³-hybridized carbons (Fsp3) is 0.500. The van der Waals surface area contributed by atoms with Crippen molar-refractivity contribution in [2.24, 2.45) is 5.41 Å². The van der Waals surface area contributed by atoms with Crippen molar-refractivity contribution in [2.45, 2.75) is 39.3 Å². The lowest BCUT2D eigenvalue weighted by molar-refractivity contribution is -0.00940. The minimum absolute atomic E-state index is 0.0826. The van der Waals surface area contributed by atoms with Gasteiger partial charge in [0.2, 0.25) is 0 Å². The molecule has 1 aromatic heterocycles. The number of methoxy groups -OCH3 is 1. The van der Waals surface area contributed by atoms with Crippen molar-refractivity contribution in [1.29, 1.82) is 0 Å². The molecular weight excluding hydrogens is 260 g/mol. The number of pyridine rings is 1. The Morgan fingerprint density at radius 3 is 2.48 bits per heavy atom. The third kappa shape index (κ3) is 3.80. The Morgan fingerprint density at radius 2 is 1.86 bits per heavy atom. The van der Waals surface area contributed by atoms with Crippen molar-refractivity contribution in [3.8, 4) is 0 Å². The highest BCUT2D eigenvalue weighted by atomic mass is 16.5. The topological polar surface area (TPSA) is 34.2 Å². The molecule has 114 valence electrons. The first-order chi connectivity index (χ1) is 9.95. The molecule has 1 aromatic carbocycles. The maximum Gasteiger partial charge on any atom is 0.0776 e. The van der Waals surface area contributed by atoms with Crippen LogP contribution < -0.4 is 5.32 Å². The van der Waals surface area contributed by atoms with Crippen LogP contribution in [0.2, 0.25) is 0 Å². The molecule has 21 heavy (non-hydrogen) atoms. The maximum atomic E-state index is 5.74. The molecule has 0 radical (unpaired) electrons. The van der Waals surface area contributed by atoms with E-state index in [-0.39, 0.29) is 17.6 Å². The molecule has 0 fully saturated rings. The first-order valence-electron chi connectivity index (χ1n) is 7.50. The monoisotopic (exact) mass is 286 g/mol. The van der Waals surface area contributed by atoms with Gasteiger partial charge in [0.25, 0.3) is 0 Å². The fourth-order valence-corrected chi connectivity index (χ4v) is 2.93. The molecule has 0 aliphatic carbocycles. The highest BCUT2D eigenvalue weighted by molar-refractivity contribution is 5.78. The van der Waals surface area contributed by atoms with Gasteiger partial charge in [0.05, 0.1) is 11.6 Å². The van der Waals surface area contributed by atoms with E-state index in [1.807, 2.05) is 19.2 Å². The summed E-state index contributed by atoms with van der Waals surface area (Å²) in [5, 5.41) is 4.57. The maximum absolute atomic E-state index is 5.74. The lowest BCUT2D eigenvalue weighted by atomic mass is 9.83. The molecule has 0 aliphatic heterocycles. The van der Waals surface area contributed by atoms with Gasteiger partial charge in [-0.2, -0.15) is 0 Å². The molecule has 0 spiro atoms. The number of hydrogen-bond acceptors (Lipinski definition) is 3. The number of nitrogens with one attached hydrogen (secondary N) is 1. The molecule has 2 rings (SSSR count). The van der Waals surface area contributed by atoms with E-state index >= 15 is 0 Å². The minimum Gasteiger partial charge on any atom is -0.379 e. The van der Waals surface area contributed by atoms with Crippen molar-refractivity contribution >= 4 is 10.9 Å². The number of fused-ring (bicyclic) bond motifs is 1. The highest BCUT2D eigenvalue weighted by Crippen LogP contribution is 2.26. The molecular formula is C18H26N2O. The van der Waals surface area contributed by atoms with Gasteiger partial charge in [-0.3, -0.25) is 4.98 Å². The average Bonchev–Trinajstić information content (AvgIpc) is 2.45. The minimum atomic E-state index is 0.0826. The third-order valence-corrected chi connectivity index (χ3v) is 3.93. The van der Waals surface area contributed by atoms with E-state index in [1.54, 1.807) is 7.11 Å². The number of ether oxygens (including phenoxy) is 1. The van der Waals surface area contributed by atoms with Crippen molar-refractivity contribution in [3.63, 3.8) is 0 Å². The molecule has 3 nitrogen and oxygen atoms in total. The Bertz CT molecular complexity index is 589. The van der Waals surface area contributed by atoms with Gasteiger partial charge in [-0.05, 0) is 24.6 Å². The van der Waals surface area contributed by atoms with Crippen molar-refractivity contribution in [2.75, 3.05) is 14.2 Å². The molecule has 2 atom stereocenters. The molecule has 0 amide bonds. The predicted molar refractivity (Wildman–Crippen MR) is 88.5 cm³/mol. The summed E-state index contributed by atoms with van der Waals surface area (Å²) < 4.78 is 5.74. The van der Waals surface area contributed by atoms with Crippen LogP contribution in [0.3, 0.4) is 0 Å². The Balaban J connectivity index is 2.23. The molecule has 2 aromatic rings. The van der Waals surface area contributed by atoms with Crippen LogP contribution >= 0.6 is 0 Å². The zero-order valence-corrected chi connectivity index (χ0v) is 13.7. The van der Waals surface area contributed by atoms with Crippen LogP contribution in [0, 0.1) is 5.41 Å². The molecule has 1 heterocycles. The number of hydrogen-bond donors (Lipinski definition) is 1. The lowest BCUT2D eigenvalue weighted by Gasteiger charge is -2.35. The van der Waals surface area contributed by atoms with E-state index in [9.17, 15) is 0 Å².